The van der Waals surface area contributed by atoms with Crippen molar-refractivity contribution in [1.29, 1.82) is 0 Å². The van der Waals surface area contributed by atoms with Crippen LogP contribution in [0.15, 0.2) is 67.9 Å². The van der Waals surface area contributed by atoms with Gasteiger partial charge in [-0.1, -0.05) is 31.2 Å². The fourth-order valence-electron chi connectivity index (χ4n) is 3.57. The van der Waals surface area contributed by atoms with Crippen LogP contribution in [0, 0.1) is 0 Å². The molecular weight excluding hydrogens is 478 g/mol. The van der Waals surface area contributed by atoms with Gasteiger partial charge < -0.3 is 14.9 Å². The first-order valence-corrected chi connectivity index (χ1v) is 11.5. The number of piperidine rings is 1. The molecule has 0 bridgehead atoms. The van der Waals surface area contributed by atoms with Crippen molar-refractivity contribution in [3.63, 3.8) is 0 Å². The summed E-state index contributed by atoms with van der Waals surface area (Å²) < 4.78 is 5.11. The van der Waals surface area contributed by atoms with Gasteiger partial charge in [0.2, 0.25) is 5.88 Å². The Labute approximate surface area is 216 Å². The lowest BCUT2D eigenvalue weighted by atomic mass is 10.1. The van der Waals surface area contributed by atoms with Gasteiger partial charge in [-0.3, -0.25) is 24.2 Å². The molecule has 37 heavy (non-hydrogen) atoms. The lowest BCUT2D eigenvalue weighted by molar-refractivity contribution is -0.131. The minimum atomic E-state index is -0.981. The van der Waals surface area contributed by atoms with Crippen molar-refractivity contribution in [1.82, 2.24) is 14.8 Å². The van der Waals surface area contributed by atoms with Crippen molar-refractivity contribution in [2.24, 2.45) is 0 Å². The molecule has 198 valence electrons. The van der Waals surface area contributed by atoms with Gasteiger partial charge in [0.25, 0.3) is 18.3 Å². The highest BCUT2D eigenvalue weighted by molar-refractivity contribution is 6.21. The molecule has 2 aliphatic rings. The number of aromatic nitrogens is 1. The number of amides is 2. The highest BCUT2D eigenvalue weighted by atomic mass is 16.5. The van der Waals surface area contributed by atoms with Crippen molar-refractivity contribution in [2.45, 2.75) is 25.8 Å². The zero-order chi connectivity index (χ0) is 27.6. The van der Waals surface area contributed by atoms with Gasteiger partial charge in [0.1, 0.15) is 0 Å². The van der Waals surface area contributed by atoms with Crippen LogP contribution in [0.4, 0.5) is 0 Å². The van der Waals surface area contributed by atoms with E-state index < -0.39 is 5.97 Å². The summed E-state index contributed by atoms with van der Waals surface area (Å²) in [5.41, 5.74) is 2.27. The van der Waals surface area contributed by atoms with Gasteiger partial charge in [-0.25, -0.2) is 9.78 Å². The van der Waals surface area contributed by atoms with E-state index >= 15 is 0 Å². The zero-order valence-corrected chi connectivity index (χ0v) is 20.9. The molecule has 0 radical (unpaired) electrons. The number of carbonyl (C=O) groups is 4. The summed E-state index contributed by atoms with van der Waals surface area (Å²) in [5, 5.41) is 14.5. The summed E-state index contributed by atoms with van der Waals surface area (Å²) in [4.78, 5) is 48.7. The normalized spacial score (nSPS) is 13.8. The summed E-state index contributed by atoms with van der Waals surface area (Å²) in [6.07, 6.45) is 8.25. The Morgan fingerprint density at radius 3 is 2.08 bits per heavy atom. The second kappa shape index (κ2) is 17.2. The number of carbonyl (C=O) groups excluding carboxylic acids is 2. The lowest BCUT2D eigenvalue weighted by Crippen LogP contribution is -2.29. The van der Waals surface area contributed by atoms with Crippen molar-refractivity contribution in [3.8, 4) is 5.88 Å². The molecule has 0 aliphatic carbocycles. The van der Waals surface area contributed by atoms with Crippen LogP contribution in [0.5, 0.6) is 5.88 Å². The molecule has 2 amide bonds. The number of fused-ring (bicyclic) bond motifs is 1. The molecule has 1 saturated heterocycles. The first-order chi connectivity index (χ1) is 17.8. The summed E-state index contributed by atoms with van der Waals surface area (Å²) in [6, 6.07) is 10.9. The quantitative estimate of drug-likeness (QED) is 0.258. The van der Waals surface area contributed by atoms with Crippen LogP contribution in [0.25, 0.3) is 0 Å². The summed E-state index contributed by atoms with van der Waals surface area (Å²) in [7, 11) is 1.66. The Hall–Kier alpha value is -4.31. The van der Waals surface area contributed by atoms with Crippen LogP contribution in [0.1, 0.15) is 45.5 Å². The fourth-order valence-corrected chi connectivity index (χ4v) is 3.57. The third-order valence-electron chi connectivity index (χ3n) is 5.23. The summed E-state index contributed by atoms with van der Waals surface area (Å²) >= 11 is 0. The molecule has 2 aromatic rings. The molecule has 0 saturated carbocycles. The number of rotatable bonds is 6. The number of imide groups is 1. The van der Waals surface area contributed by atoms with E-state index in [2.05, 4.69) is 29.1 Å². The van der Waals surface area contributed by atoms with Crippen molar-refractivity contribution >= 4 is 24.3 Å². The number of aliphatic carboxylic acids is 1. The van der Waals surface area contributed by atoms with Gasteiger partial charge in [0.15, 0.2) is 0 Å². The van der Waals surface area contributed by atoms with Crippen LogP contribution >= 0.6 is 0 Å². The zero-order valence-electron chi connectivity index (χ0n) is 20.9. The van der Waals surface area contributed by atoms with Gasteiger partial charge >= 0.3 is 5.97 Å². The number of methoxy groups -OCH3 is 1. The van der Waals surface area contributed by atoms with Crippen LogP contribution in [-0.4, -0.2) is 76.0 Å². The van der Waals surface area contributed by atoms with Crippen molar-refractivity contribution in [2.75, 3.05) is 26.7 Å². The Kier molecular flexibility index (Phi) is 14.3. The number of hydrogen-bond donors (Lipinski definition) is 2. The maximum absolute atomic E-state index is 11.7. The summed E-state index contributed by atoms with van der Waals surface area (Å²) in [6.45, 7) is 9.97. The number of pyridine rings is 1. The molecule has 10 nitrogen and oxygen atoms in total. The van der Waals surface area contributed by atoms with Gasteiger partial charge in [0.05, 0.1) is 18.2 Å². The molecular formula is C27H33N3O7. The van der Waals surface area contributed by atoms with Gasteiger partial charge in [0, 0.05) is 31.4 Å². The summed E-state index contributed by atoms with van der Waals surface area (Å²) in [5.74, 6) is -0.731. The van der Waals surface area contributed by atoms with E-state index in [0.29, 0.717) is 17.0 Å². The Morgan fingerprint density at radius 2 is 1.62 bits per heavy atom. The Bertz CT molecular complexity index is 1030. The van der Waals surface area contributed by atoms with Gasteiger partial charge in [-0.05, 0) is 49.7 Å². The van der Waals surface area contributed by atoms with Crippen LogP contribution in [0.3, 0.4) is 0 Å². The topological polar surface area (TPSA) is 137 Å². The number of carboxylic acid groups (broad SMARTS) is 2. The van der Waals surface area contributed by atoms with E-state index in [-0.39, 0.29) is 24.8 Å². The SMILES string of the molecule is C=CC(=O)O.C=CCN1C(=O)c2ccccc2C1=O.COc1cc(CN2CCCCC2)ccn1.O=CO. The number of carboxylic acids is 1. The molecule has 2 aliphatic heterocycles. The average molecular weight is 512 g/mol. The standard InChI is InChI=1S/C12H18N2O.C11H9NO2.C3H4O2.CH2O2/c1-15-12-9-11(5-6-13-12)10-14-7-3-2-4-8-14;1-2-7-12-10(13)8-5-3-4-6-9(8)11(12)14;1-2-3(4)5;2-1-3/h5-6,9H,2-4,7-8,10H2,1H3;2-6H,1,7H2;2H,1H2,(H,4,5);1H,(H,2,3). The maximum atomic E-state index is 11.7. The van der Waals surface area contributed by atoms with Crippen LogP contribution in [-0.2, 0) is 16.1 Å². The van der Waals surface area contributed by atoms with E-state index in [4.69, 9.17) is 19.7 Å². The highest BCUT2D eigenvalue weighted by Crippen LogP contribution is 2.21. The molecule has 2 N–H and O–H groups in total. The predicted octanol–water partition coefficient (Wildman–Crippen LogP) is 3.50. The largest absolute Gasteiger partial charge is 0.483 e. The fraction of sp³-hybridized carbons (Fsp3) is 0.296. The molecule has 3 heterocycles. The maximum Gasteiger partial charge on any atom is 0.327 e. The monoisotopic (exact) mass is 511 g/mol. The molecule has 10 heteroatoms. The van der Waals surface area contributed by atoms with E-state index in [1.54, 1.807) is 37.5 Å². The minimum Gasteiger partial charge on any atom is -0.483 e. The molecule has 1 fully saturated rings. The molecule has 1 aromatic carbocycles. The third-order valence-corrected chi connectivity index (χ3v) is 5.23. The van der Waals surface area contributed by atoms with Crippen molar-refractivity contribution in [3.05, 3.63) is 84.6 Å². The molecule has 1 aromatic heterocycles. The van der Waals surface area contributed by atoms with Crippen LogP contribution < -0.4 is 4.74 Å². The predicted molar refractivity (Wildman–Crippen MR) is 138 cm³/mol. The lowest BCUT2D eigenvalue weighted by Gasteiger charge is -2.26. The second-order valence-electron chi connectivity index (χ2n) is 7.75. The number of nitrogens with zero attached hydrogens (tertiary/aromatic N) is 3. The number of likely N-dealkylation sites (tertiary alicyclic amines) is 1. The van der Waals surface area contributed by atoms with Gasteiger partial charge in [-0.2, -0.15) is 0 Å². The minimum absolute atomic E-state index is 0.231. The van der Waals surface area contributed by atoms with E-state index in [1.807, 2.05) is 12.3 Å². The van der Waals surface area contributed by atoms with Gasteiger partial charge in [-0.15, -0.1) is 6.58 Å². The second-order valence-corrected chi connectivity index (χ2v) is 7.75. The van der Waals surface area contributed by atoms with E-state index in [1.165, 1.54) is 42.8 Å². The Morgan fingerprint density at radius 1 is 1.08 bits per heavy atom. The van der Waals surface area contributed by atoms with E-state index in [9.17, 15) is 14.4 Å². The third kappa shape index (κ3) is 10.5. The average Bonchev–Trinajstić information content (AvgIpc) is 3.16. The first-order valence-electron chi connectivity index (χ1n) is 11.5. The first kappa shape index (κ1) is 30.7. The Balaban J connectivity index is 0.000000289. The van der Waals surface area contributed by atoms with Crippen molar-refractivity contribution < 1.29 is 34.1 Å². The van der Waals surface area contributed by atoms with E-state index in [0.717, 1.165) is 12.6 Å². The number of hydrogen-bond acceptors (Lipinski definition) is 7. The smallest absolute Gasteiger partial charge is 0.327 e. The number of ether oxygens (including phenoxy) is 1. The highest BCUT2D eigenvalue weighted by Gasteiger charge is 2.33. The molecule has 4 rings (SSSR count). The number of benzene rings is 1. The molecule has 0 atom stereocenters. The molecule has 0 spiro atoms. The van der Waals surface area contributed by atoms with Crippen LogP contribution in [0.2, 0.25) is 0 Å². The molecule has 0 unspecified atom stereocenters.